The van der Waals surface area contributed by atoms with E-state index in [4.69, 9.17) is 0 Å². The van der Waals surface area contributed by atoms with Crippen molar-refractivity contribution in [2.24, 2.45) is 0 Å². The van der Waals surface area contributed by atoms with E-state index in [0.29, 0.717) is 5.69 Å². The van der Waals surface area contributed by atoms with Crippen LogP contribution in [0.1, 0.15) is 17.4 Å². The average molecular weight is 238 g/mol. The molecule has 2 aromatic rings. The fourth-order valence-electron chi connectivity index (χ4n) is 1.63. The molecule has 17 heavy (non-hydrogen) atoms. The van der Waals surface area contributed by atoms with E-state index in [2.05, 4.69) is 5.10 Å². The number of rotatable bonds is 3. The fourth-order valence-corrected chi connectivity index (χ4v) is 1.63. The highest BCUT2D eigenvalue weighted by molar-refractivity contribution is 5.42. The van der Waals surface area contributed by atoms with Gasteiger partial charge in [0.1, 0.15) is 18.6 Å². The topological polar surface area (TPSA) is 38.0 Å². The highest BCUT2D eigenvalue weighted by atomic mass is 19.1. The lowest BCUT2D eigenvalue weighted by atomic mass is 10.1. The number of hydrogen-bond acceptors (Lipinski definition) is 2. The molecule has 0 bridgehead atoms. The van der Waals surface area contributed by atoms with Gasteiger partial charge in [-0.3, -0.25) is 0 Å². The number of aliphatic hydroxyl groups is 1. The van der Waals surface area contributed by atoms with Crippen LogP contribution in [0.15, 0.2) is 30.5 Å². The Balaban J connectivity index is 2.53. The number of benzene rings is 1. The summed E-state index contributed by atoms with van der Waals surface area (Å²) in [4.78, 5) is 0. The van der Waals surface area contributed by atoms with Gasteiger partial charge in [0.25, 0.3) is 0 Å². The van der Waals surface area contributed by atoms with Crippen LogP contribution in [-0.4, -0.2) is 21.6 Å². The van der Waals surface area contributed by atoms with E-state index in [1.807, 2.05) is 6.92 Å². The number of aromatic nitrogens is 2. The molecule has 1 heterocycles. The summed E-state index contributed by atoms with van der Waals surface area (Å²) in [5.74, 6) is -0.514. The molecular formula is C12H12F2N2O. The molecule has 0 amide bonds. The monoisotopic (exact) mass is 238 g/mol. The van der Waals surface area contributed by atoms with Gasteiger partial charge in [-0.05, 0) is 31.2 Å². The van der Waals surface area contributed by atoms with Crippen molar-refractivity contribution in [1.82, 2.24) is 9.78 Å². The van der Waals surface area contributed by atoms with Crippen LogP contribution < -0.4 is 0 Å². The summed E-state index contributed by atoms with van der Waals surface area (Å²) in [6, 6.07) is 5.61. The zero-order chi connectivity index (χ0) is 12.4. The molecule has 0 aliphatic carbocycles. The molecule has 1 atom stereocenters. The lowest BCUT2D eigenvalue weighted by Gasteiger charge is -2.13. The lowest BCUT2D eigenvalue weighted by Crippen LogP contribution is -2.07. The van der Waals surface area contributed by atoms with Crippen LogP contribution in [0.5, 0.6) is 0 Å². The minimum absolute atomic E-state index is 0.190. The molecule has 1 aromatic carbocycles. The number of aryl methyl sites for hydroxylation is 1. The third-order valence-electron chi connectivity index (χ3n) is 2.46. The summed E-state index contributed by atoms with van der Waals surface area (Å²) < 4.78 is 27.1. The Hall–Kier alpha value is -1.75. The Bertz CT molecular complexity index is 525. The zero-order valence-corrected chi connectivity index (χ0v) is 9.27. The quantitative estimate of drug-likeness (QED) is 0.891. The summed E-state index contributed by atoms with van der Waals surface area (Å²) in [6.07, 6.45) is 0.335. The average Bonchev–Trinajstić information content (AvgIpc) is 2.74. The molecule has 5 heteroatoms. The normalized spacial score (nSPS) is 12.7. The van der Waals surface area contributed by atoms with Gasteiger partial charge in [-0.15, -0.1) is 0 Å². The first-order valence-corrected chi connectivity index (χ1v) is 5.18. The second-order valence-corrected chi connectivity index (χ2v) is 3.77. The minimum Gasteiger partial charge on any atom is -0.386 e. The van der Waals surface area contributed by atoms with Gasteiger partial charge < -0.3 is 5.11 Å². The number of hydrogen-bond donors (Lipinski definition) is 1. The maximum Gasteiger partial charge on any atom is 0.123 e. The summed E-state index contributed by atoms with van der Waals surface area (Å²) in [6.45, 7) is 0.849. The Kier molecular flexibility index (Phi) is 3.19. The van der Waals surface area contributed by atoms with Crippen LogP contribution in [0.3, 0.4) is 0 Å². The van der Waals surface area contributed by atoms with E-state index in [0.717, 1.165) is 11.8 Å². The Morgan fingerprint density at radius 2 is 2.18 bits per heavy atom. The van der Waals surface area contributed by atoms with Gasteiger partial charge in [0.2, 0.25) is 0 Å². The number of aliphatic hydroxyl groups excluding tert-OH is 1. The van der Waals surface area contributed by atoms with Gasteiger partial charge in [0.15, 0.2) is 0 Å². The summed E-state index contributed by atoms with van der Waals surface area (Å²) in [5.41, 5.74) is 1.45. The number of halogens is 2. The first-order chi connectivity index (χ1) is 8.11. The van der Waals surface area contributed by atoms with Gasteiger partial charge in [0.05, 0.1) is 11.4 Å². The molecule has 1 N–H and O–H groups in total. The van der Waals surface area contributed by atoms with Gasteiger partial charge in [0, 0.05) is 11.8 Å². The summed E-state index contributed by atoms with van der Waals surface area (Å²) >= 11 is 0. The molecule has 0 aliphatic rings. The van der Waals surface area contributed by atoms with Crippen molar-refractivity contribution in [3.63, 3.8) is 0 Å². The molecule has 0 radical (unpaired) electrons. The van der Waals surface area contributed by atoms with Crippen LogP contribution in [0.2, 0.25) is 0 Å². The van der Waals surface area contributed by atoms with Crippen molar-refractivity contribution in [1.29, 1.82) is 0 Å². The Morgan fingerprint density at radius 3 is 2.76 bits per heavy atom. The van der Waals surface area contributed by atoms with E-state index in [1.54, 1.807) is 12.3 Å². The van der Waals surface area contributed by atoms with Gasteiger partial charge in [-0.25, -0.2) is 13.5 Å². The predicted octanol–water partition coefficient (Wildman–Crippen LogP) is 2.32. The largest absolute Gasteiger partial charge is 0.386 e. The second-order valence-electron chi connectivity index (χ2n) is 3.77. The minimum atomic E-state index is -1.34. The molecule has 1 aromatic heterocycles. The second kappa shape index (κ2) is 4.63. The number of alkyl halides is 1. The Labute approximate surface area is 97.3 Å². The first-order valence-electron chi connectivity index (χ1n) is 5.18. The van der Waals surface area contributed by atoms with Gasteiger partial charge >= 0.3 is 0 Å². The fraction of sp³-hybridized carbons (Fsp3) is 0.250. The SMILES string of the molecule is Cc1ccn(-c2ccc(F)cc2C(O)CF)n1. The van der Waals surface area contributed by atoms with Gasteiger partial charge in [-0.2, -0.15) is 5.10 Å². The van der Waals surface area contributed by atoms with Crippen LogP contribution in [0.4, 0.5) is 8.78 Å². The van der Waals surface area contributed by atoms with Crippen LogP contribution in [-0.2, 0) is 0 Å². The molecule has 90 valence electrons. The van der Waals surface area contributed by atoms with Crippen LogP contribution in [0.25, 0.3) is 5.69 Å². The van der Waals surface area contributed by atoms with Gasteiger partial charge in [-0.1, -0.05) is 0 Å². The van der Waals surface area contributed by atoms with E-state index >= 15 is 0 Å². The van der Waals surface area contributed by atoms with Crippen molar-refractivity contribution in [3.05, 3.63) is 47.5 Å². The van der Waals surface area contributed by atoms with Crippen LogP contribution in [0, 0.1) is 12.7 Å². The predicted molar refractivity (Wildman–Crippen MR) is 59.2 cm³/mol. The molecule has 3 nitrogen and oxygen atoms in total. The van der Waals surface area contributed by atoms with E-state index < -0.39 is 18.6 Å². The molecular weight excluding hydrogens is 226 g/mol. The third-order valence-corrected chi connectivity index (χ3v) is 2.46. The lowest BCUT2D eigenvalue weighted by molar-refractivity contribution is 0.141. The summed E-state index contributed by atoms with van der Waals surface area (Å²) in [5, 5.41) is 13.7. The summed E-state index contributed by atoms with van der Waals surface area (Å²) in [7, 11) is 0. The van der Waals surface area contributed by atoms with E-state index in [1.165, 1.54) is 16.8 Å². The molecule has 0 aliphatic heterocycles. The highest BCUT2D eigenvalue weighted by Gasteiger charge is 2.15. The molecule has 0 fully saturated rings. The maximum absolute atomic E-state index is 13.1. The van der Waals surface area contributed by atoms with Crippen molar-refractivity contribution in [2.75, 3.05) is 6.67 Å². The molecule has 0 saturated carbocycles. The first kappa shape index (κ1) is 11.7. The molecule has 0 spiro atoms. The Morgan fingerprint density at radius 1 is 1.41 bits per heavy atom. The molecule has 0 saturated heterocycles. The van der Waals surface area contributed by atoms with E-state index in [9.17, 15) is 13.9 Å². The zero-order valence-electron chi connectivity index (χ0n) is 9.27. The van der Waals surface area contributed by atoms with Crippen molar-refractivity contribution in [3.8, 4) is 5.69 Å². The smallest absolute Gasteiger partial charge is 0.123 e. The third kappa shape index (κ3) is 2.34. The standard InChI is InChI=1S/C12H12F2N2O/c1-8-4-5-16(15-8)11-3-2-9(14)6-10(11)12(17)7-13/h2-6,12,17H,7H2,1H3. The van der Waals surface area contributed by atoms with Crippen LogP contribution >= 0.6 is 0 Å². The maximum atomic E-state index is 13.1. The highest BCUT2D eigenvalue weighted by Crippen LogP contribution is 2.23. The van der Waals surface area contributed by atoms with Crippen molar-refractivity contribution < 1.29 is 13.9 Å². The molecule has 2 rings (SSSR count). The van der Waals surface area contributed by atoms with Crippen molar-refractivity contribution >= 4 is 0 Å². The van der Waals surface area contributed by atoms with E-state index in [-0.39, 0.29) is 5.56 Å². The number of nitrogens with zero attached hydrogens (tertiary/aromatic N) is 2. The molecule has 1 unspecified atom stereocenters. The van der Waals surface area contributed by atoms with Crippen molar-refractivity contribution in [2.45, 2.75) is 13.0 Å².